The van der Waals surface area contributed by atoms with Gasteiger partial charge in [-0.25, -0.2) is 0 Å². The largest absolute Gasteiger partial charge is 0.317 e. The van der Waals surface area contributed by atoms with E-state index in [2.05, 4.69) is 17.1 Å². The van der Waals surface area contributed by atoms with Crippen LogP contribution in [-0.4, -0.2) is 37.6 Å². The maximum Gasteiger partial charge on any atom is 0.0201 e. The molecule has 1 rings (SSSR count). The molecule has 2 nitrogen and oxygen atoms in total. The van der Waals surface area contributed by atoms with Crippen molar-refractivity contribution in [3.05, 3.63) is 11.1 Å². The van der Waals surface area contributed by atoms with E-state index in [0.29, 0.717) is 0 Å². The van der Waals surface area contributed by atoms with Gasteiger partial charge < -0.3 is 5.32 Å². The van der Waals surface area contributed by atoms with Gasteiger partial charge in [-0.05, 0) is 45.5 Å². The average Bonchev–Trinajstić information content (AvgIpc) is 2.19. The zero-order valence-corrected chi connectivity index (χ0v) is 9.27. The fourth-order valence-electron chi connectivity index (χ4n) is 1.77. The average molecular weight is 203 g/mol. The molecule has 13 heavy (non-hydrogen) atoms. The van der Waals surface area contributed by atoms with Crippen molar-refractivity contribution < 1.29 is 0 Å². The highest BCUT2D eigenvalue weighted by Crippen LogP contribution is 2.11. The van der Waals surface area contributed by atoms with Gasteiger partial charge in [0.2, 0.25) is 0 Å². The Labute approximate surface area is 85.9 Å². The van der Waals surface area contributed by atoms with Crippen LogP contribution in [0.25, 0.3) is 0 Å². The molecule has 0 radical (unpaired) electrons. The number of likely N-dealkylation sites (tertiary alicyclic amines) is 1. The molecule has 0 aromatic rings. The number of hydrogen-bond donors (Lipinski definition) is 1. The Morgan fingerprint density at radius 1 is 1.54 bits per heavy atom. The molecule has 0 aliphatic carbocycles. The zero-order chi connectivity index (χ0) is 9.68. The molecule has 3 heteroatoms. The van der Waals surface area contributed by atoms with E-state index < -0.39 is 0 Å². The van der Waals surface area contributed by atoms with Gasteiger partial charge in [0, 0.05) is 18.1 Å². The lowest BCUT2D eigenvalue weighted by Gasteiger charge is -2.31. The minimum absolute atomic E-state index is 0.719. The van der Waals surface area contributed by atoms with Crippen LogP contribution in [-0.2, 0) is 0 Å². The lowest BCUT2D eigenvalue weighted by Crippen LogP contribution is -2.41. The third kappa shape index (κ3) is 3.67. The number of piperidine rings is 1. The summed E-state index contributed by atoms with van der Waals surface area (Å²) >= 11 is 5.63. The van der Waals surface area contributed by atoms with E-state index in [1.807, 2.05) is 7.05 Å². The summed E-state index contributed by atoms with van der Waals surface area (Å²) in [6.07, 6.45) is 2.51. The van der Waals surface area contributed by atoms with E-state index in [0.717, 1.165) is 12.6 Å². The van der Waals surface area contributed by atoms with Crippen molar-refractivity contribution in [2.75, 3.05) is 26.7 Å². The van der Waals surface area contributed by atoms with Crippen LogP contribution in [0, 0.1) is 0 Å². The first-order valence-corrected chi connectivity index (χ1v) is 5.35. The Morgan fingerprint density at radius 2 is 2.15 bits per heavy atom. The predicted octanol–water partition coefficient (Wildman–Crippen LogP) is 1.81. The number of nitrogens with zero attached hydrogens (tertiary/aromatic N) is 1. The highest BCUT2D eigenvalue weighted by molar-refractivity contribution is 6.25. The topological polar surface area (TPSA) is 15.3 Å². The molecule has 0 unspecified atom stereocenters. The van der Waals surface area contributed by atoms with E-state index in [1.165, 1.54) is 31.5 Å². The van der Waals surface area contributed by atoms with Crippen LogP contribution in [0.2, 0.25) is 0 Å². The molecule has 0 atom stereocenters. The number of hydrogen-bond acceptors (Lipinski definition) is 2. The van der Waals surface area contributed by atoms with Crippen molar-refractivity contribution in [1.82, 2.24) is 10.2 Å². The van der Waals surface area contributed by atoms with Gasteiger partial charge >= 0.3 is 0 Å². The molecule has 76 valence electrons. The summed E-state index contributed by atoms with van der Waals surface area (Å²) < 4.78 is 0. The summed E-state index contributed by atoms with van der Waals surface area (Å²) in [7, 11) is 2.05. The van der Waals surface area contributed by atoms with Crippen LogP contribution in [0.1, 0.15) is 19.8 Å². The Morgan fingerprint density at radius 3 is 2.62 bits per heavy atom. The molecule has 1 aliphatic rings. The van der Waals surface area contributed by atoms with Crippen LogP contribution in [0.5, 0.6) is 0 Å². The van der Waals surface area contributed by atoms with Crippen LogP contribution >= 0.6 is 11.6 Å². The van der Waals surface area contributed by atoms with Gasteiger partial charge in [0.1, 0.15) is 0 Å². The maximum atomic E-state index is 5.63. The molecule has 1 fully saturated rings. The second-order valence-electron chi connectivity index (χ2n) is 3.79. The smallest absolute Gasteiger partial charge is 0.0201 e. The van der Waals surface area contributed by atoms with Crippen molar-refractivity contribution in [2.45, 2.75) is 25.8 Å². The normalized spacial score (nSPS) is 22.2. The van der Waals surface area contributed by atoms with E-state index >= 15 is 0 Å². The van der Waals surface area contributed by atoms with Crippen LogP contribution in [0.15, 0.2) is 11.1 Å². The van der Waals surface area contributed by atoms with Gasteiger partial charge in [0.05, 0.1) is 0 Å². The van der Waals surface area contributed by atoms with Crippen molar-refractivity contribution in [2.24, 2.45) is 0 Å². The molecular weight excluding hydrogens is 184 g/mol. The SMILES string of the molecule is CNC1CCN(CC(C)=CCl)CC1. The monoisotopic (exact) mass is 202 g/mol. The summed E-state index contributed by atoms with van der Waals surface area (Å²) in [5.41, 5.74) is 2.94. The Hall–Kier alpha value is -0.0500. The van der Waals surface area contributed by atoms with E-state index in [4.69, 9.17) is 11.6 Å². The molecule has 1 heterocycles. The number of nitrogens with one attached hydrogen (secondary N) is 1. The van der Waals surface area contributed by atoms with Gasteiger partial charge in [-0.15, -0.1) is 0 Å². The standard InChI is InChI=1S/C10H19ClN2/c1-9(7-11)8-13-5-3-10(12-2)4-6-13/h7,10,12H,3-6,8H2,1-2H3. The summed E-state index contributed by atoms with van der Waals surface area (Å²) in [4.78, 5) is 2.46. The molecule has 0 aromatic heterocycles. The van der Waals surface area contributed by atoms with Crippen molar-refractivity contribution in [3.8, 4) is 0 Å². The minimum atomic E-state index is 0.719. The molecule has 1 N–H and O–H groups in total. The fraction of sp³-hybridized carbons (Fsp3) is 0.800. The third-order valence-electron chi connectivity index (χ3n) is 2.66. The molecule has 0 aromatic carbocycles. The van der Waals surface area contributed by atoms with Crippen LogP contribution < -0.4 is 5.32 Å². The van der Waals surface area contributed by atoms with E-state index in [1.54, 1.807) is 5.54 Å². The molecule has 1 aliphatic heterocycles. The fourth-order valence-corrected chi connectivity index (χ4v) is 1.84. The lowest BCUT2D eigenvalue weighted by molar-refractivity contribution is 0.216. The molecule has 0 amide bonds. The Kier molecular flexibility index (Phi) is 4.78. The summed E-state index contributed by atoms with van der Waals surface area (Å²) in [6, 6.07) is 0.719. The lowest BCUT2D eigenvalue weighted by atomic mass is 10.1. The Balaban J connectivity index is 2.25. The van der Waals surface area contributed by atoms with Crippen LogP contribution in [0.3, 0.4) is 0 Å². The van der Waals surface area contributed by atoms with Gasteiger partial charge in [-0.2, -0.15) is 0 Å². The summed E-state index contributed by atoms with van der Waals surface area (Å²) in [5.74, 6) is 0. The first-order valence-electron chi connectivity index (χ1n) is 4.91. The second-order valence-corrected chi connectivity index (χ2v) is 4.01. The minimum Gasteiger partial charge on any atom is -0.317 e. The molecular formula is C10H19ClN2. The molecule has 1 saturated heterocycles. The van der Waals surface area contributed by atoms with Gasteiger partial charge in [0.25, 0.3) is 0 Å². The molecule has 0 saturated carbocycles. The van der Waals surface area contributed by atoms with E-state index in [-0.39, 0.29) is 0 Å². The van der Waals surface area contributed by atoms with Gasteiger partial charge in [0.15, 0.2) is 0 Å². The first kappa shape index (κ1) is 11.0. The highest BCUT2D eigenvalue weighted by Gasteiger charge is 2.17. The zero-order valence-electron chi connectivity index (χ0n) is 8.52. The summed E-state index contributed by atoms with van der Waals surface area (Å²) in [5, 5.41) is 3.32. The number of halogens is 1. The van der Waals surface area contributed by atoms with Crippen molar-refractivity contribution >= 4 is 11.6 Å². The second kappa shape index (κ2) is 5.63. The van der Waals surface area contributed by atoms with E-state index in [9.17, 15) is 0 Å². The predicted molar refractivity (Wildman–Crippen MR) is 58.1 cm³/mol. The highest BCUT2D eigenvalue weighted by atomic mass is 35.5. The maximum absolute atomic E-state index is 5.63. The Bertz CT molecular complexity index is 172. The molecule has 0 spiro atoms. The molecule has 0 bridgehead atoms. The van der Waals surface area contributed by atoms with Crippen LogP contribution in [0.4, 0.5) is 0 Å². The van der Waals surface area contributed by atoms with Crippen molar-refractivity contribution in [1.29, 1.82) is 0 Å². The van der Waals surface area contributed by atoms with Gasteiger partial charge in [-0.1, -0.05) is 11.6 Å². The number of rotatable bonds is 3. The summed E-state index contributed by atoms with van der Waals surface area (Å²) in [6.45, 7) is 5.48. The first-order chi connectivity index (χ1) is 6.26. The third-order valence-corrected chi connectivity index (χ3v) is 3.03. The van der Waals surface area contributed by atoms with Crippen molar-refractivity contribution in [3.63, 3.8) is 0 Å². The quantitative estimate of drug-likeness (QED) is 0.751. The van der Waals surface area contributed by atoms with Gasteiger partial charge in [-0.3, -0.25) is 4.90 Å².